The van der Waals surface area contributed by atoms with Gasteiger partial charge in [0.25, 0.3) is 0 Å². The topological polar surface area (TPSA) is 67.3 Å². The summed E-state index contributed by atoms with van der Waals surface area (Å²) in [7, 11) is 0. The highest BCUT2D eigenvalue weighted by Crippen LogP contribution is 2.31. The van der Waals surface area contributed by atoms with Crippen LogP contribution < -0.4 is 4.90 Å². The van der Waals surface area contributed by atoms with Gasteiger partial charge >= 0.3 is 5.97 Å². The molecule has 4 rings (SSSR count). The van der Waals surface area contributed by atoms with Crippen LogP contribution in [0.4, 0.5) is 5.69 Å². The quantitative estimate of drug-likeness (QED) is 0.810. The lowest BCUT2D eigenvalue weighted by molar-refractivity contribution is -0.138. The smallest absolute Gasteiger partial charge is 0.317 e. The standard InChI is InChI=1S/C21H30N4O3/c1-16-3-2-4-17(13-16)23-11-9-22(10-12-23)14-20(26)25-8-6-18-19(25)5-7-24(18)15-21(27)28/h2-4,13,18-19H,5-12,14-15H2,1H3,(H,27,28)/t18-,19-/m0/s1. The minimum absolute atomic E-state index is 0.0874. The zero-order chi connectivity index (χ0) is 19.7. The van der Waals surface area contributed by atoms with E-state index in [1.165, 1.54) is 11.3 Å². The molecule has 1 aromatic carbocycles. The van der Waals surface area contributed by atoms with Crippen molar-refractivity contribution in [1.29, 1.82) is 0 Å². The first kappa shape index (κ1) is 19.2. The van der Waals surface area contributed by atoms with Gasteiger partial charge in [0.2, 0.25) is 5.91 Å². The van der Waals surface area contributed by atoms with Crippen LogP contribution in [-0.2, 0) is 9.59 Å². The largest absolute Gasteiger partial charge is 0.480 e. The molecule has 0 aromatic heterocycles. The van der Waals surface area contributed by atoms with E-state index in [-0.39, 0.29) is 24.5 Å². The lowest BCUT2D eigenvalue weighted by Crippen LogP contribution is -2.51. The van der Waals surface area contributed by atoms with Gasteiger partial charge in [-0.25, -0.2) is 0 Å². The summed E-state index contributed by atoms with van der Waals surface area (Å²) in [6, 6.07) is 9.00. The van der Waals surface area contributed by atoms with Gasteiger partial charge in [-0.1, -0.05) is 12.1 Å². The molecular weight excluding hydrogens is 356 g/mol. The van der Waals surface area contributed by atoms with Gasteiger partial charge < -0.3 is 14.9 Å². The predicted octanol–water partition coefficient (Wildman–Crippen LogP) is 0.877. The van der Waals surface area contributed by atoms with Crippen LogP contribution in [0.15, 0.2) is 24.3 Å². The lowest BCUT2D eigenvalue weighted by Gasteiger charge is -2.37. The maximum absolute atomic E-state index is 12.9. The van der Waals surface area contributed by atoms with E-state index in [9.17, 15) is 9.59 Å². The number of amides is 1. The number of aliphatic carboxylic acids is 1. The number of carboxylic acid groups (broad SMARTS) is 1. The van der Waals surface area contributed by atoms with Crippen LogP contribution in [0.25, 0.3) is 0 Å². The number of hydrogen-bond donors (Lipinski definition) is 1. The Balaban J connectivity index is 1.28. The molecular formula is C21H30N4O3. The maximum atomic E-state index is 12.9. The Kier molecular flexibility index (Phi) is 5.55. The number of benzene rings is 1. The second-order valence-corrected chi connectivity index (χ2v) is 8.27. The van der Waals surface area contributed by atoms with Gasteiger partial charge in [0.05, 0.1) is 13.1 Å². The summed E-state index contributed by atoms with van der Waals surface area (Å²) in [5.74, 6) is -0.578. The van der Waals surface area contributed by atoms with Gasteiger partial charge in [-0.05, 0) is 37.5 Å². The van der Waals surface area contributed by atoms with Crippen LogP contribution in [0.2, 0.25) is 0 Å². The SMILES string of the molecule is Cc1cccc(N2CCN(CC(=O)N3CC[C@H]4[C@@H]3CCN4CC(=O)O)CC2)c1. The molecule has 1 N–H and O–H groups in total. The number of carbonyl (C=O) groups excluding carboxylic acids is 1. The van der Waals surface area contributed by atoms with E-state index in [0.717, 1.165) is 52.1 Å². The second kappa shape index (κ2) is 8.09. The minimum Gasteiger partial charge on any atom is -0.480 e. The van der Waals surface area contributed by atoms with E-state index >= 15 is 0 Å². The van der Waals surface area contributed by atoms with E-state index < -0.39 is 5.97 Å². The number of fused-ring (bicyclic) bond motifs is 1. The summed E-state index contributed by atoms with van der Waals surface area (Å²) in [5.41, 5.74) is 2.53. The fourth-order valence-electron chi connectivity index (χ4n) is 5.03. The minimum atomic E-state index is -0.781. The van der Waals surface area contributed by atoms with E-state index in [4.69, 9.17) is 5.11 Å². The molecule has 7 nitrogen and oxygen atoms in total. The van der Waals surface area contributed by atoms with Crippen molar-refractivity contribution in [1.82, 2.24) is 14.7 Å². The molecule has 3 aliphatic heterocycles. The Bertz CT molecular complexity index is 732. The van der Waals surface area contributed by atoms with Gasteiger partial charge in [-0.3, -0.25) is 19.4 Å². The van der Waals surface area contributed by atoms with Gasteiger partial charge in [-0.2, -0.15) is 0 Å². The highest BCUT2D eigenvalue weighted by atomic mass is 16.4. The molecule has 3 fully saturated rings. The Morgan fingerprint density at radius 2 is 1.75 bits per heavy atom. The molecule has 0 saturated carbocycles. The molecule has 7 heteroatoms. The van der Waals surface area contributed by atoms with Crippen LogP contribution in [0, 0.1) is 6.92 Å². The third kappa shape index (κ3) is 4.00. The summed E-state index contributed by atoms with van der Waals surface area (Å²) in [5, 5.41) is 9.07. The van der Waals surface area contributed by atoms with Crippen LogP contribution in [0.1, 0.15) is 18.4 Å². The summed E-state index contributed by atoms with van der Waals surface area (Å²) >= 11 is 0. The highest BCUT2D eigenvalue weighted by Gasteiger charge is 2.44. The first-order chi connectivity index (χ1) is 13.5. The molecule has 0 spiro atoms. The number of anilines is 1. The van der Waals surface area contributed by atoms with Crippen LogP contribution >= 0.6 is 0 Å². The van der Waals surface area contributed by atoms with Crippen molar-refractivity contribution in [3.05, 3.63) is 29.8 Å². The van der Waals surface area contributed by atoms with Gasteiger partial charge in [0.15, 0.2) is 0 Å². The van der Waals surface area contributed by atoms with Crippen molar-refractivity contribution in [3.63, 3.8) is 0 Å². The Morgan fingerprint density at radius 3 is 2.46 bits per heavy atom. The highest BCUT2D eigenvalue weighted by molar-refractivity contribution is 5.79. The summed E-state index contributed by atoms with van der Waals surface area (Å²) in [6.45, 7) is 7.88. The lowest BCUT2D eigenvalue weighted by atomic mass is 10.1. The molecule has 1 aromatic rings. The van der Waals surface area contributed by atoms with Crippen molar-refractivity contribution in [2.45, 2.75) is 31.8 Å². The van der Waals surface area contributed by atoms with E-state index in [0.29, 0.717) is 6.54 Å². The summed E-state index contributed by atoms with van der Waals surface area (Å²) in [4.78, 5) is 32.6. The second-order valence-electron chi connectivity index (χ2n) is 8.27. The predicted molar refractivity (Wildman–Crippen MR) is 108 cm³/mol. The zero-order valence-electron chi connectivity index (χ0n) is 16.6. The molecule has 0 unspecified atom stereocenters. The average molecular weight is 386 g/mol. The third-order valence-corrected chi connectivity index (χ3v) is 6.45. The fraction of sp³-hybridized carbons (Fsp3) is 0.619. The first-order valence-corrected chi connectivity index (χ1v) is 10.3. The van der Waals surface area contributed by atoms with Crippen LogP contribution in [0.3, 0.4) is 0 Å². The normalized spacial score (nSPS) is 25.9. The summed E-state index contributed by atoms with van der Waals surface area (Å²) in [6.07, 6.45) is 1.79. The van der Waals surface area contributed by atoms with Gasteiger partial charge in [0.1, 0.15) is 0 Å². The number of likely N-dealkylation sites (tertiary alicyclic amines) is 2. The molecule has 0 bridgehead atoms. The number of rotatable bonds is 5. The third-order valence-electron chi connectivity index (χ3n) is 6.45. The van der Waals surface area contributed by atoms with Gasteiger partial charge in [0, 0.05) is 57.0 Å². The van der Waals surface area contributed by atoms with Crippen molar-refractivity contribution in [2.75, 3.05) is 57.3 Å². The van der Waals surface area contributed by atoms with Crippen molar-refractivity contribution in [3.8, 4) is 0 Å². The van der Waals surface area contributed by atoms with Crippen molar-refractivity contribution < 1.29 is 14.7 Å². The molecule has 2 atom stereocenters. The molecule has 3 aliphatic rings. The van der Waals surface area contributed by atoms with Crippen molar-refractivity contribution in [2.24, 2.45) is 0 Å². The van der Waals surface area contributed by atoms with E-state index in [2.05, 4.69) is 41.0 Å². The number of hydrogen-bond acceptors (Lipinski definition) is 5. The monoisotopic (exact) mass is 386 g/mol. The molecule has 152 valence electrons. The summed E-state index contributed by atoms with van der Waals surface area (Å²) < 4.78 is 0. The first-order valence-electron chi connectivity index (χ1n) is 10.3. The number of nitrogens with zero attached hydrogens (tertiary/aromatic N) is 4. The molecule has 28 heavy (non-hydrogen) atoms. The van der Waals surface area contributed by atoms with E-state index in [1.807, 2.05) is 9.80 Å². The number of aryl methyl sites for hydroxylation is 1. The maximum Gasteiger partial charge on any atom is 0.317 e. The number of carboxylic acids is 1. The van der Waals surface area contributed by atoms with Crippen molar-refractivity contribution >= 4 is 17.6 Å². The van der Waals surface area contributed by atoms with Gasteiger partial charge in [-0.15, -0.1) is 0 Å². The van der Waals surface area contributed by atoms with Crippen LogP contribution in [-0.4, -0.2) is 96.1 Å². The Hall–Kier alpha value is -2.12. The molecule has 0 radical (unpaired) electrons. The number of carbonyl (C=O) groups is 2. The number of piperazine rings is 1. The molecule has 3 heterocycles. The Morgan fingerprint density at radius 1 is 1.00 bits per heavy atom. The molecule has 0 aliphatic carbocycles. The molecule has 1 amide bonds. The van der Waals surface area contributed by atoms with E-state index in [1.54, 1.807) is 0 Å². The molecule has 3 saturated heterocycles. The average Bonchev–Trinajstić information content (AvgIpc) is 3.25. The Labute approximate surface area is 166 Å². The van der Waals surface area contributed by atoms with Crippen LogP contribution in [0.5, 0.6) is 0 Å². The fourth-order valence-corrected chi connectivity index (χ4v) is 5.03. The zero-order valence-corrected chi connectivity index (χ0v) is 16.6.